The zero-order valence-corrected chi connectivity index (χ0v) is 12.0. The van der Waals surface area contributed by atoms with E-state index in [0.29, 0.717) is 5.25 Å². The van der Waals surface area contributed by atoms with Gasteiger partial charge in [0.15, 0.2) is 0 Å². The van der Waals surface area contributed by atoms with E-state index in [1.165, 1.54) is 0 Å². The van der Waals surface area contributed by atoms with Crippen LogP contribution in [-0.2, 0) is 8.85 Å². The number of rotatable bonds is 7. The summed E-state index contributed by atoms with van der Waals surface area (Å²) in [5.74, 6) is 0. The Morgan fingerprint density at radius 2 is 1.43 bits per heavy atom. The molecule has 0 bridgehead atoms. The molecule has 0 rings (SSSR count). The van der Waals surface area contributed by atoms with Crippen molar-refractivity contribution < 1.29 is 8.85 Å². The molecule has 0 saturated heterocycles. The third-order valence-electron chi connectivity index (χ3n) is 1.67. The molecule has 0 aromatic carbocycles. The lowest BCUT2D eigenvalue weighted by Crippen LogP contribution is -2.29. The molecule has 0 N–H and O–H groups in total. The van der Waals surface area contributed by atoms with Gasteiger partial charge in [0, 0.05) is 12.2 Å². The summed E-state index contributed by atoms with van der Waals surface area (Å²) in [7, 11) is -1.45. The van der Waals surface area contributed by atoms with Gasteiger partial charge >= 0.3 is 9.28 Å². The van der Waals surface area contributed by atoms with Crippen LogP contribution in [0.4, 0.5) is 0 Å². The summed E-state index contributed by atoms with van der Waals surface area (Å²) in [6.07, 6.45) is 1.64. The van der Waals surface area contributed by atoms with Gasteiger partial charge in [0.2, 0.25) is 0 Å². The van der Waals surface area contributed by atoms with Crippen molar-refractivity contribution in [1.82, 2.24) is 0 Å². The zero-order valence-electron chi connectivity index (χ0n) is 9.99. The Balaban J connectivity index is 3.84. The highest BCUT2D eigenvalue weighted by Gasteiger charge is 2.17. The fourth-order valence-electron chi connectivity index (χ4n) is 1.15. The molecule has 86 valence electrons. The fourth-order valence-corrected chi connectivity index (χ4v) is 3.90. The van der Waals surface area contributed by atoms with Gasteiger partial charge in [-0.1, -0.05) is 6.92 Å². The Morgan fingerprint density at radius 3 is 1.71 bits per heavy atom. The van der Waals surface area contributed by atoms with Crippen molar-refractivity contribution in [3.63, 3.8) is 0 Å². The summed E-state index contributed by atoms with van der Waals surface area (Å²) in [4.78, 5) is 0. The maximum absolute atomic E-state index is 5.79. The van der Waals surface area contributed by atoms with Crippen LogP contribution < -0.4 is 0 Å². The molecule has 0 amide bonds. The molecule has 1 unspecified atom stereocenters. The first kappa shape index (κ1) is 14.5. The van der Waals surface area contributed by atoms with Crippen molar-refractivity contribution in [3.8, 4) is 0 Å². The molecule has 0 aliphatic rings. The second-order valence-electron chi connectivity index (χ2n) is 4.23. The van der Waals surface area contributed by atoms with E-state index in [2.05, 4.69) is 47.2 Å². The quantitative estimate of drug-likeness (QED) is 0.541. The second-order valence-corrected chi connectivity index (χ2v) is 7.09. The molecular weight excluding hydrogens is 212 g/mol. The summed E-state index contributed by atoms with van der Waals surface area (Å²) in [6, 6.07) is 1.06. The van der Waals surface area contributed by atoms with Gasteiger partial charge in [-0.05, 0) is 45.4 Å². The second kappa shape index (κ2) is 7.74. The minimum absolute atomic E-state index is 0.278. The number of hydrogen-bond donors (Lipinski definition) is 1. The van der Waals surface area contributed by atoms with Gasteiger partial charge in [0.1, 0.15) is 0 Å². The van der Waals surface area contributed by atoms with E-state index in [-0.39, 0.29) is 12.2 Å². The molecule has 0 fully saturated rings. The highest BCUT2D eigenvalue weighted by atomic mass is 32.1. The molecule has 1 atom stereocenters. The topological polar surface area (TPSA) is 18.5 Å². The van der Waals surface area contributed by atoms with E-state index >= 15 is 0 Å². The van der Waals surface area contributed by atoms with Crippen LogP contribution in [-0.4, -0.2) is 26.7 Å². The summed E-state index contributed by atoms with van der Waals surface area (Å²) in [6.45, 7) is 10.4. The maximum Gasteiger partial charge on any atom is 0.321 e. The minimum atomic E-state index is -1.45. The molecule has 0 radical (unpaired) electrons. The summed E-state index contributed by atoms with van der Waals surface area (Å²) < 4.78 is 11.6. The lowest BCUT2D eigenvalue weighted by atomic mass is 10.4. The number of hydrogen-bond acceptors (Lipinski definition) is 3. The van der Waals surface area contributed by atoms with Gasteiger partial charge in [-0.15, -0.1) is 0 Å². The first-order chi connectivity index (χ1) is 6.41. The van der Waals surface area contributed by atoms with Crippen molar-refractivity contribution in [3.05, 3.63) is 0 Å². The summed E-state index contributed by atoms with van der Waals surface area (Å²) in [5.41, 5.74) is 0. The molecule has 0 aromatic rings. The summed E-state index contributed by atoms with van der Waals surface area (Å²) in [5, 5.41) is 0.441. The van der Waals surface area contributed by atoms with Gasteiger partial charge in [-0.25, -0.2) is 0 Å². The van der Waals surface area contributed by atoms with Crippen LogP contribution in [0.3, 0.4) is 0 Å². The molecule has 4 heteroatoms. The maximum atomic E-state index is 5.79. The van der Waals surface area contributed by atoms with Crippen LogP contribution in [0.25, 0.3) is 0 Å². The normalized spacial score (nSPS) is 14.4. The van der Waals surface area contributed by atoms with Crippen LogP contribution in [0.15, 0.2) is 0 Å². The van der Waals surface area contributed by atoms with Crippen molar-refractivity contribution in [2.24, 2.45) is 0 Å². The standard InChI is InChI=1S/C10H24O2SSi/c1-8(2)11-14(12-9(3)4)7-6-10(5)13/h8-10,13-14H,6-7H2,1-5H3. The zero-order chi connectivity index (χ0) is 11.1. The van der Waals surface area contributed by atoms with Gasteiger partial charge < -0.3 is 8.85 Å². The average Bonchev–Trinajstić information content (AvgIpc) is 1.97. The first-order valence-corrected chi connectivity index (χ1v) is 7.68. The van der Waals surface area contributed by atoms with Gasteiger partial charge in [-0.3, -0.25) is 0 Å². The van der Waals surface area contributed by atoms with E-state index in [9.17, 15) is 0 Å². The Kier molecular flexibility index (Phi) is 8.01. The molecule has 2 nitrogen and oxygen atoms in total. The lowest BCUT2D eigenvalue weighted by Gasteiger charge is -2.21. The van der Waals surface area contributed by atoms with Crippen LogP contribution in [0.5, 0.6) is 0 Å². The molecular formula is C10H24O2SSi. The van der Waals surface area contributed by atoms with Crippen molar-refractivity contribution in [1.29, 1.82) is 0 Å². The largest absolute Gasteiger partial charge is 0.394 e. The molecule has 0 aliphatic carbocycles. The van der Waals surface area contributed by atoms with Gasteiger partial charge in [0.25, 0.3) is 0 Å². The monoisotopic (exact) mass is 236 g/mol. The van der Waals surface area contributed by atoms with Gasteiger partial charge in [0.05, 0.1) is 0 Å². The third-order valence-corrected chi connectivity index (χ3v) is 4.43. The van der Waals surface area contributed by atoms with E-state index in [0.717, 1.165) is 12.5 Å². The Hall–Kier alpha value is 0.487. The minimum Gasteiger partial charge on any atom is -0.394 e. The fraction of sp³-hybridized carbons (Fsp3) is 1.00. The van der Waals surface area contributed by atoms with Crippen molar-refractivity contribution >= 4 is 21.9 Å². The lowest BCUT2D eigenvalue weighted by molar-refractivity contribution is 0.129. The van der Waals surface area contributed by atoms with Crippen LogP contribution in [0.2, 0.25) is 6.04 Å². The van der Waals surface area contributed by atoms with E-state index < -0.39 is 9.28 Å². The van der Waals surface area contributed by atoms with E-state index in [4.69, 9.17) is 8.85 Å². The Morgan fingerprint density at radius 1 is 1.00 bits per heavy atom. The summed E-state index contributed by atoms with van der Waals surface area (Å²) >= 11 is 4.37. The Labute approximate surface area is 95.6 Å². The van der Waals surface area contributed by atoms with Gasteiger partial charge in [-0.2, -0.15) is 12.6 Å². The average molecular weight is 236 g/mol. The van der Waals surface area contributed by atoms with Crippen LogP contribution in [0.1, 0.15) is 41.0 Å². The molecule has 0 spiro atoms. The van der Waals surface area contributed by atoms with Crippen molar-refractivity contribution in [2.75, 3.05) is 0 Å². The highest BCUT2D eigenvalue weighted by molar-refractivity contribution is 7.80. The predicted octanol–water partition coefficient (Wildman–Crippen LogP) is 2.77. The Bertz CT molecular complexity index is 130. The SMILES string of the molecule is CC(S)CC[SiH](OC(C)C)OC(C)C. The van der Waals surface area contributed by atoms with Crippen molar-refractivity contribution in [2.45, 2.75) is 64.5 Å². The third kappa shape index (κ3) is 9.06. The highest BCUT2D eigenvalue weighted by Crippen LogP contribution is 2.11. The van der Waals surface area contributed by atoms with Crippen LogP contribution in [0, 0.1) is 0 Å². The number of thiol groups is 1. The molecule has 14 heavy (non-hydrogen) atoms. The molecule has 0 heterocycles. The molecule has 0 aliphatic heterocycles. The predicted molar refractivity (Wildman–Crippen MR) is 67.5 cm³/mol. The molecule has 0 aromatic heterocycles. The van der Waals surface area contributed by atoms with Crippen LogP contribution >= 0.6 is 12.6 Å². The van der Waals surface area contributed by atoms with E-state index in [1.807, 2.05) is 0 Å². The molecule has 0 saturated carbocycles. The smallest absolute Gasteiger partial charge is 0.321 e. The van der Waals surface area contributed by atoms with E-state index in [1.54, 1.807) is 0 Å². The first-order valence-electron chi connectivity index (χ1n) is 5.40.